The number of hydrogen-bond donors (Lipinski definition) is 2. The number of anilines is 1. The SMILES string of the molecule is Cc1[nH]n(C(C)C(C)C)c(=O)c1N. The van der Waals surface area contributed by atoms with Gasteiger partial charge in [0.05, 0.1) is 11.7 Å². The van der Waals surface area contributed by atoms with Gasteiger partial charge >= 0.3 is 0 Å². The van der Waals surface area contributed by atoms with Gasteiger partial charge in [0.25, 0.3) is 5.56 Å². The molecule has 0 aromatic carbocycles. The van der Waals surface area contributed by atoms with Crippen molar-refractivity contribution in [3.63, 3.8) is 0 Å². The molecule has 0 aliphatic rings. The highest BCUT2D eigenvalue weighted by atomic mass is 16.1. The highest BCUT2D eigenvalue weighted by molar-refractivity contribution is 5.39. The number of hydrogen-bond acceptors (Lipinski definition) is 2. The van der Waals surface area contributed by atoms with Crippen molar-refractivity contribution in [1.82, 2.24) is 9.78 Å². The smallest absolute Gasteiger partial charge is 0.290 e. The average molecular weight is 183 g/mol. The Labute approximate surface area is 77.7 Å². The first kappa shape index (κ1) is 9.89. The van der Waals surface area contributed by atoms with Crippen molar-refractivity contribution in [2.24, 2.45) is 5.92 Å². The van der Waals surface area contributed by atoms with Gasteiger partial charge in [0.1, 0.15) is 5.69 Å². The van der Waals surface area contributed by atoms with Crippen LogP contribution in [0.3, 0.4) is 0 Å². The summed E-state index contributed by atoms with van der Waals surface area (Å²) >= 11 is 0. The van der Waals surface area contributed by atoms with Gasteiger partial charge < -0.3 is 5.73 Å². The first-order chi connectivity index (χ1) is 5.95. The fourth-order valence-electron chi connectivity index (χ4n) is 1.17. The summed E-state index contributed by atoms with van der Waals surface area (Å²) in [5, 5.41) is 2.97. The molecule has 3 N–H and O–H groups in total. The molecule has 4 heteroatoms. The van der Waals surface area contributed by atoms with Gasteiger partial charge in [-0.1, -0.05) is 13.8 Å². The zero-order valence-electron chi connectivity index (χ0n) is 8.59. The van der Waals surface area contributed by atoms with Crippen LogP contribution in [0.1, 0.15) is 32.5 Å². The van der Waals surface area contributed by atoms with Crippen LogP contribution in [0.2, 0.25) is 0 Å². The second-order valence-corrected chi connectivity index (χ2v) is 3.81. The van der Waals surface area contributed by atoms with Crippen LogP contribution in [-0.2, 0) is 0 Å². The van der Waals surface area contributed by atoms with Crippen molar-refractivity contribution in [2.45, 2.75) is 33.7 Å². The molecular formula is C9H17N3O. The molecule has 1 aromatic heterocycles. The van der Waals surface area contributed by atoms with Crippen LogP contribution in [0.15, 0.2) is 4.79 Å². The maximum absolute atomic E-state index is 11.5. The Morgan fingerprint density at radius 3 is 2.23 bits per heavy atom. The van der Waals surface area contributed by atoms with Crippen molar-refractivity contribution in [2.75, 3.05) is 5.73 Å². The fraction of sp³-hybridized carbons (Fsp3) is 0.667. The molecule has 13 heavy (non-hydrogen) atoms. The lowest BCUT2D eigenvalue weighted by atomic mass is 10.1. The minimum Gasteiger partial charge on any atom is -0.393 e. The van der Waals surface area contributed by atoms with Gasteiger partial charge in [0.15, 0.2) is 0 Å². The minimum absolute atomic E-state index is 0.112. The Hall–Kier alpha value is -1.19. The van der Waals surface area contributed by atoms with E-state index in [0.29, 0.717) is 11.6 Å². The lowest BCUT2D eigenvalue weighted by Crippen LogP contribution is -2.25. The van der Waals surface area contributed by atoms with Crippen molar-refractivity contribution >= 4 is 5.69 Å². The predicted molar refractivity (Wildman–Crippen MR) is 53.8 cm³/mol. The molecule has 1 unspecified atom stereocenters. The van der Waals surface area contributed by atoms with E-state index in [-0.39, 0.29) is 11.6 Å². The first-order valence-corrected chi connectivity index (χ1v) is 4.51. The van der Waals surface area contributed by atoms with Gasteiger partial charge in [0, 0.05) is 0 Å². The van der Waals surface area contributed by atoms with E-state index in [1.807, 2.05) is 6.92 Å². The number of H-pyrrole nitrogens is 1. The second kappa shape index (κ2) is 3.28. The monoisotopic (exact) mass is 183 g/mol. The van der Waals surface area contributed by atoms with E-state index >= 15 is 0 Å². The maximum atomic E-state index is 11.5. The third-order valence-corrected chi connectivity index (χ3v) is 2.51. The molecule has 74 valence electrons. The van der Waals surface area contributed by atoms with Crippen LogP contribution >= 0.6 is 0 Å². The molecule has 0 fully saturated rings. The Morgan fingerprint density at radius 2 is 1.92 bits per heavy atom. The molecule has 1 heterocycles. The van der Waals surface area contributed by atoms with Crippen LogP contribution in [0, 0.1) is 12.8 Å². The predicted octanol–water partition coefficient (Wildman–Crippen LogP) is 1.28. The molecular weight excluding hydrogens is 166 g/mol. The first-order valence-electron chi connectivity index (χ1n) is 4.51. The molecule has 0 radical (unpaired) electrons. The molecule has 0 bridgehead atoms. The average Bonchev–Trinajstić information content (AvgIpc) is 2.31. The molecule has 4 nitrogen and oxygen atoms in total. The van der Waals surface area contributed by atoms with E-state index in [4.69, 9.17) is 5.73 Å². The Kier molecular flexibility index (Phi) is 2.50. The molecule has 0 saturated heterocycles. The Morgan fingerprint density at radius 1 is 1.38 bits per heavy atom. The minimum atomic E-state index is -0.112. The fourth-order valence-corrected chi connectivity index (χ4v) is 1.17. The number of rotatable bonds is 2. The highest BCUT2D eigenvalue weighted by Gasteiger charge is 2.15. The number of nitrogens with zero attached hydrogens (tertiary/aromatic N) is 1. The van der Waals surface area contributed by atoms with E-state index in [9.17, 15) is 4.79 Å². The van der Waals surface area contributed by atoms with E-state index < -0.39 is 0 Å². The summed E-state index contributed by atoms with van der Waals surface area (Å²) in [6.45, 7) is 7.95. The normalized spacial score (nSPS) is 13.6. The van der Waals surface area contributed by atoms with Crippen LogP contribution < -0.4 is 11.3 Å². The van der Waals surface area contributed by atoms with Gasteiger partial charge in [-0.2, -0.15) is 0 Å². The molecule has 0 amide bonds. The van der Waals surface area contributed by atoms with Crippen LogP contribution in [-0.4, -0.2) is 9.78 Å². The zero-order valence-corrected chi connectivity index (χ0v) is 8.59. The van der Waals surface area contributed by atoms with Crippen molar-refractivity contribution < 1.29 is 0 Å². The van der Waals surface area contributed by atoms with Gasteiger partial charge in [-0.05, 0) is 19.8 Å². The molecule has 1 rings (SSSR count). The summed E-state index contributed by atoms with van der Waals surface area (Å²) in [6, 6.07) is 0.156. The molecule has 0 aliphatic heterocycles. The van der Waals surface area contributed by atoms with Crippen molar-refractivity contribution in [3.05, 3.63) is 16.0 Å². The summed E-state index contributed by atoms with van der Waals surface area (Å²) < 4.78 is 1.59. The molecule has 1 aromatic rings. The molecule has 0 spiro atoms. The molecule has 1 atom stereocenters. The van der Waals surface area contributed by atoms with E-state index in [1.54, 1.807) is 11.6 Å². The third kappa shape index (κ3) is 1.61. The summed E-state index contributed by atoms with van der Waals surface area (Å²) in [4.78, 5) is 11.5. The second-order valence-electron chi connectivity index (χ2n) is 3.81. The third-order valence-electron chi connectivity index (χ3n) is 2.51. The topological polar surface area (TPSA) is 63.8 Å². The Bertz CT molecular complexity index is 348. The van der Waals surface area contributed by atoms with Crippen LogP contribution in [0.5, 0.6) is 0 Å². The summed E-state index contributed by atoms with van der Waals surface area (Å²) in [5.74, 6) is 0.412. The van der Waals surface area contributed by atoms with Gasteiger partial charge in [-0.3, -0.25) is 9.89 Å². The number of nitrogen functional groups attached to an aromatic ring is 1. The van der Waals surface area contributed by atoms with E-state index in [0.717, 1.165) is 5.69 Å². The van der Waals surface area contributed by atoms with E-state index in [2.05, 4.69) is 18.9 Å². The zero-order chi connectivity index (χ0) is 10.2. The van der Waals surface area contributed by atoms with Crippen LogP contribution in [0.4, 0.5) is 5.69 Å². The number of aromatic amines is 1. The van der Waals surface area contributed by atoms with Crippen molar-refractivity contribution in [3.8, 4) is 0 Å². The summed E-state index contributed by atoms with van der Waals surface area (Å²) in [7, 11) is 0. The number of aromatic nitrogens is 2. The Balaban J connectivity index is 3.16. The van der Waals surface area contributed by atoms with Crippen LogP contribution in [0.25, 0.3) is 0 Å². The number of nitrogens with one attached hydrogen (secondary N) is 1. The molecule has 0 saturated carbocycles. The standard InChI is InChI=1S/C9H17N3O/c1-5(2)7(4)12-9(13)8(10)6(3)11-12/h5,7,11H,10H2,1-4H3. The molecule has 0 aliphatic carbocycles. The number of aryl methyl sites for hydroxylation is 1. The quantitative estimate of drug-likeness (QED) is 0.725. The largest absolute Gasteiger partial charge is 0.393 e. The van der Waals surface area contributed by atoms with Gasteiger partial charge in [-0.25, -0.2) is 4.68 Å². The number of nitrogens with two attached hydrogens (primary N) is 1. The van der Waals surface area contributed by atoms with Gasteiger partial charge in [0.2, 0.25) is 0 Å². The lowest BCUT2D eigenvalue weighted by Gasteiger charge is -2.15. The lowest BCUT2D eigenvalue weighted by molar-refractivity contribution is 0.366. The maximum Gasteiger partial charge on any atom is 0.290 e. The highest BCUT2D eigenvalue weighted by Crippen LogP contribution is 2.14. The van der Waals surface area contributed by atoms with E-state index in [1.165, 1.54) is 0 Å². The van der Waals surface area contributed by atoms with Crippen molar-refractivity contribution in [1.29, 1.82) is 0 Å². The van der Waals surface area contributed by atoms with Gasteiger partial charge in [-0.15, -0.1) is 0 Å². The summed E-state index contributed by atoms with van der Waals surface area (Å²) in [6.07, 6.45) is 0. The summed E-state index contributed by atoms with van der Waals surface area (Å²) in [5.41, 5.74) is 6.54.